The van der Waals surface area contributed by atoms with Gasteiger partial charge in [0.05, 0.1) is 12.3 Å². The third-order valence-electron chi connectivity index (χ3n) is 4.54. The van der Waals surface area contributed by atoms with Crippen LogP contribution in [0.4, 0.5) is 0 Å². The van der Waals surface area contributed by atoms with Gasteiger partial charge in [-0.25, -0.2) is 4.98 Å². The second-order valence-electron chi connectivity index (χ2n) is 6.33. The number of hydrogen-bond acceptors (Lipinski definition) is 4. The average molecular weight is 357 g/mol. The predicted octanol–water partition coefficient (Wildman–Crippen LogP) is 5.24. The lowest BCUT2D eigenvalue weighted by molar-refractivity contribution is 0.112. The van der Waals surface area contributed by atoms with Crippen molar-refractivity contribution in [1.29, 1.82) is 0 Å². The molecule has 0 aliphatic carbocycles. The van der Waals surface area contributed by atoms with Crippen molar-refractivity contribution >= 4 is 17.1 Å². The first-order chi connectivity index (χ1) is 13.2. The fourth-order valence-electron chi connectivity index (χ4n) is 3.10. The number of oxazole rings is 1. The van der Waals surface area contributed by atoms with E-state index in [0.29, 0.717) is 24.5 Å². The predicted molar refractivity (Wildman–Crippen MR) is 105 cm³/mol. The molecule has 1 aromatic heterocycles. The fourth-order valence-corrected chi connectivity index (χ4v) is 3.10. The van der Waals surface area contributed by atoms with Gasteiger partial charge in [-0.05, 0) is 48.0 Å². The van der Waals surface area contributed by atoms with Crippen molar-refractivity contribution in [3.63, 3.8) is 0 Å². The van der Waals surface area contributed by atoms with Gasteiger partial charge >= 0.3 is 0 Å². The zero-order chi connectivity index (χ0) is 18.6. The summed E-state index contributed by atoms with van der Waals surface area (Å²) in [5.74, 6) is 2.17. The summed E-state index contributed by atoms with van der Waals surface area (Å²) >= 11 is 0. The van der Waals surface area contributed by atoms with E-state index in [1.54, 1.807) is 24.3 Å². The summed E-state index contributed by atoms with van der Waals surface area (Å²) in [5, 5.41) is 2.29. The van der Waals surface area contributed by atoms with E-state index in [0.717, 1.165) is 39.8 Å². The Hall–Kier alpha value is -3.40. The second-order valence-corrected chi connectivity index (χ2v) is 6.33. The molecule has 0 aliphatic heterocycles. The van der Waals surface area contributed by atoms with Crippen LogP contribution < -0.4 is 4.74 Å². The Labute approximate surface area is 157 Å². The van der Waals surface area contributed by atoms with Gasteiger partial charge in [-0.2, -0.15) is 0 Å². The second kappa shape index (κ2) is 7.46. The standard InChI is InChI=1S/C23H19NO3/c1-16-22(13-14-26-19-11-9-17(15-25)10-12-19)24-23(27-16)21-8-4-6-18-5-2-3-7-20(18)21/h2-12,15H,13-14H2,1H3. The van der Waals surface area contributed by atoms with Crippen LogP contribution in [0, 0.1) is 6.92 Å². The number of rotatable bonds is 6. The normalized spacial score (nSPS) is 10.9. The summed E-state index contributed by atoms with van der Waals surface area (Å²) in [6.07, 6.45) is 1.47. The molecule has 0 amide bonds. The van der Waals surface area contributed by atoms with Crippen molar-refractivity contribution in [1.82, 2.24) is 4.98 Å². The van der Waals surface area contributed by atoms with Gasteiger partial charge in [0.2, 0.25) is 5.89 Å². The van der Waals surface area contributed by atoms with Crippen LogP contribution in [0.25, 0.3) is 22.2 Å². The number of carbonyl (C=O) groups is 1. The van der Waals surface area contributed by atoms with Crippen molar-refractivity contribution in [3.05, 3.63) is 83.7 Å². The van der Waals surface area contributed by atoms with Crippen molar-refractivity contribution in [3.8, 4) is 17.2 Å². The first-order valence-electron chi connectivity index (χ1n) is 8.87. The Morgan fingerprint density at radius 1 is 1.00 bits per heavy atom. The minimum atomic E-state index is 0.489. The number of nitrogens with zero attached hydrogens (tertiary/aromatic N) is 1. The van der Waals surface area contributed by atoms with Gasteiger partial charge in [0, 0.05) is 17.5 Å². The van der Waals surface area contributed by atoms with Crippen molar-refractivity contribution < 1.29 is 13.9 Å². The maximum atomic E-state index is 10.7. The lowest BCUT2D eigenvalue weighted by Crippen LogP contribution is -2.02. The van der Waals surface area contributed by atoms with E-state index in [4.69, 9.17) is 14.1 Å². The molecule has 0 spiro atoms. The monoisotopic (exact) mass is 357 g/mol. The van der Waals surface area contributed by atoms with Crippen molar-refractivity contribution in [2.45, 2.75) is 13.3 Å². The molecule has 0 unspecified atom stereocenters. The van der Waals surface area contributed by atoms with Crippen LogP contribution in [0.1, 0.15) is 21.8 Å². The highest BCUT2D eigenvalue weighted by Gasteiger charge is 2.13. The van der Waals surface area contributed by atoms with Gasteiger partial charge in [0.25, 0.3) is 0 Å². The Morgan fingerprint density at radius 3 is 2.59 bits per heavy atom. The molecule has 0 radical (unpaired) electrons. The van der Waals surface area contributed by atoms with Crippen molar-refractivity contribution in [2.75, 3.05) is 6.61 Å². The molecule has 0 bridgehead atoms. The van der Waals surface area contributed by atoms with Gasteiger partial charge in [-0.1, -0.05) is 36.4 Å². The molecule has 0 N–H and O–H groups in total. The van der Waals surface area contributed by atoms with E-state index in [9.17, 15) is 4.79 Å². The summed E-state index contributed by atoms with van der Waals surface area (Å²) in [6.45, 7) is 2.42. The first-order valence-corrected chi connectivity index (χ1v) is 8.87. The molecule has 4 heteroatoms. The molecule has 134 valence electrons. The highest BCUT2D eigenvalue weighted by atomic mass is 16.5. The molecule has 0 atom stereocenters. The maximum Gasteiger partial charge on any atom is 0.227 e. The fraction of sp³-hybridized carbons (Fsp3) is 0.130. The molecular weight excluding hydrogens is 338 g/mol. The van der Waals surface area contributed by atoms with Gasteiger partial charge in [0.15, 0.2) is 0 Å². The van der Waals surface area contributed by atoms with Crippen LogP contribution in [-0.2, 0) is 6.42 Å². The number of fused-ring (bicyclic) bond motifs is 1. The van der Waals surface area contributed by atoms with Crippen LogP contribution in [0.3, 0.4) is 0 Å². The van der Waals surface area contributed by atoms with Gasteiger partial charge in [-0.15, -0.1) is 0 Å². The number of aromatic nitrogens is 1. The highest BCUT2D eigenvalue weighted by molar-refractivity contribution is 5.94. The van der Waals surface area contributed by atoms with Gasteiger partial charge in [-0.3, -0.25) is 4.79 Å². The number of aryl methyl sites for hydroxylation is 1. The molecule has 1 heterocycles. The summed E-state index contributed by atoms with van der Waals surface area (Å²) in [4.78, 5) is 15.4. The van der Waals surface area contributed by atoms with Crippen LogP contribution >= 0.6 is 0 Å². The van der Waals surface area contributed by atoms with E-state index >= 15 is 0 Å². The number of ether oxygens (including phenoxy) is 1. The number of carbonyl (C=O) groups excluding carboxylic acids is 1. The topological polar surface area (TPSA) is 52.3 Å². The number of aldehydes is 1. The summed E-state index contributed by atoms with van der Waals surface area (Å²) in [7, 11) is 0. The van der Waals surface area contributed by atoms with Crippen LogP contribution in [0.15, 0.2) is 71.1 Å². The van der Waals surface area contributed by atoms with Crippen molar-refractivity contribution in [2.24, 2.45) is 0 Å². The maximum absolute atomic E-state index is 10.7. The molecular formula is C23H19NO3. The molecule has 0 fully saturated rings. The molecule has 0 aliphatic rings. The first kappa shape index (κ1) is 17.0. The van der Waals surface area contributed by atoms with Crippen LogP contribution in [0.2, 0.25) is 0 Å². The van der Waals surface area contributed by atoms with E-state index < -0.39 is 0 Å². The molecule has 0 saturated carbocycles. The zero-order valence-electron chi connectivity index (χ0n) is 15.0. The quantitative estimate of drug-likeness (QED) is 0.443. The van der Waals surface area contributed by atoms with Crippen LogP contribution in [0.5, 0.6) is 5.75 Å². The zero-order valence-corrected chi connectivity index (χ0v) is 15.0. The Balaban J connectivity index is 1.50. The lowest BCUT2D eigenvalue weighted by atomic mass is 10.0. The highest BCUT2D eigenvalue weighted by Crippen LogP contribution is 2.29. The third-order valence-corrected chi connectivity index (χ3v) is 4.54. The molecule has 0 saturated heterocycles. The molecule has 4 aromatic rings. The van der Waals surface area contributed by atoms with E-state index in [1.807, 2.05) is 31.2 Å². The Kier molecular flexibility index (Phi) is 4.71. The van der Waals surface area contributed by atoms with Gasteiger partial charge in [0.1, 0.15) is 17.8 Å². The Bertz CT molecular complexity index is 1080. The van der Waals surface area contributed by atoms with E-state index in [2.05, 4.69) is 18.2 Å². The largest absolute Gasteiger partial charge is 0.493 e. The number of benzene rings is 3. The average Bonchev–Trinajstić information content (AvgIpc) is 3.08. The minimum absolute atomic E-state index is 0.489. The third kappa shape index (κ3) is 3.60. The smallest absolute Gasteiger partial charge is 0.227 e. The van der Waals surface area contributed by atoms with E-state index in [-0.39, 0.29) is 0 Å². The molecule has 3 aromatic carbocycles. The molecule has 4 nitrogen and oxygen atoms in total. The summed E-state index contributed by atoms with van der Waals surface area (Å²) in [5.41, 5.74) is 2.52. The number of hydrogen-bond donors (Lipinski definition) is 0. The van der Waals surface area contributed by atoms with Crippen LogP contribution in [-0.4, -0.2) is 17.9 Å². The SMILES string of the molecule is Cc1oc(-c2cccc3ccccc23)nc1CCOc1ccc(C=O)cc1. The molecule has 27 heavy (non-hydrogen) atoms. The van der Waals surface area contributed by atoms with Gasteiger partial charge < -0.3 is 9.15 Å². The molecule has 4 rings (SSSR count). The Morgan fingerprint density at radius 2 is 1.78 bits per heavy atom. The van der Waals surface area contributed by atoms with E-state index in [1.165, 1.54) is 0 Å². The minimum Gasteiger partial charge on any atom is -0.493 e. The summed E-state index contributed by atoms with van der Waals surface area (Å²) in [6, 6.07) is 21.4. The lowest BCUT2D eigenvalue weighted by Gasteiger charge is -2.05. The summed E-state index contributed by atoms with van der Waals surface area (Å²) < 4.78 is 11.7.